The number of primary amides is 1. The molecule has 1 aliphatic rings. The summed E-state index contributed by atoms with van der Waals surface area (Å²) in [5.74, 6) is 1.03. The first-order chi connectivity index (χ1) is 15.6. The minimum Gasteiger partial charge on any atom is -0.494 e. The fourth-order valence-corrected chi connectivity index (χ4v) is 5.45. The van der Waals surface area contributed by atoms with Crippen LogP contribution in [0.3, 0.4) is 0 Å². The van der Waals surface area contributed by atoms with Crippen LogP contribution in [0.2, 0.25) is 0 Å². The van der Waals surface area contributed by atoms with Crippen molar-refractivity contribution in [3.8, 4) is 17.1 Å². The van der Waals surface area contributed by atoms with Crippen molar-refractivity contribution < 1.29 is 22.9 Å². The molecule has 1 unspecified atom stereocenters. The van der Waals surface area contributed by atoms with Gasteiger partial charge in [-0.15, -0.1) is 0 Å². The number of amides is 1. The van der Waals surface area contributed by atoms with Crippen LogP contribution in [0.25, 0.3) is 11.3 Å². The zero-order chi connectivity index (χ0) is 22.4. The number of furan rings is 1. The maximum absolute atomic E-state index is 13.1. The Morgan fingerprint density at radius 3 is 2.53 bits per heavy atom. The number of benzene rings is 2. The Morgan fingerprint density at radius 2 is 1.84 bits per heavy atom. The van der Waals surface area contributed by atoms with Crippen molar-refractivity contribution in [3.05, 3.63) is 72.5 Å². The molecule has 168 valence electrons. The number of carbonyl (C=O) groups excluding carboxylic acids is 1. The quantitative estimate of drug-likeness (QED) is 0.493. The van der Waals surface area contributed by atoms with E-state index in [9.17, 15) is 9.00 Å². The lowest BCUT2D eigenvalue weighted by atomic mass is 9.98. The van der Waals surface area contributed by atoms with Crippen LogP contribution in [0.4, 0.5) is 0 Å². The van der Waals surface area contributed by atoms with Crippen LogP contribution in [0.1, 0.15) is 24.8 Å². The molecule has 0 spiro atoms. The van der Waals surface area contributed by atoms with E-state index >= 15 is 0 Å². The van der Waals surface area contributed by atoms with Gasteiger partial charge in [0.2, 0.25) is 5.91 Å². The second-order valence-corrected chi connectivity index (χ2v) is 9.63. The standard InChI is InChI=1S/C25H27NO5S/c26-24(27)25(12-16-29-17-13-25)32(28)22-10-8-21(9-11-22)30-14-2-5-19-4-1-6-20(18-19)23-7-3-15-31-23/h1,3-4,6-11,15,18H,2,5,12-14,16-17H2,(H2,26,27). The largest absolute Gasteiger partial charge is 0.494 e. The van der Waals surface area contributed by atoms with Crippen LogP contribution >= 0.6 is 0 Å². The lowest BCUT2D eigenvalue weighted by Gasteiger charge is -2.33. The van der Waals surface area contributed by atoms with Crippen molar-refractivity contribution in [1.82, 2.24) is 0 Å². The SMILES string of the molecule is NC(=O)C1(S(=O)c2ccc(OCCCc3cccc(-c4ccco4)c3)cc2)CCOCC1. The Morgan fingerprint density at radius 1 is 1.06 bits per heavy atom. The number of carbonyl (C=O) groups is 1. The molecule has 1 fully saturated rings. The maximum atomic E-state index is 13.1. The molecule has 2 heterocycles. The Balaban J connectivity index is 1.30. The molecule has 3 aromatic rings. The van der Waals surface area contributed by atoms with E-state index in [4.69, 9.17) is 19.6 Å². The summed E-state index contributed by atoms with van der Waals surface area (Å²) in [5, 5.41) is 0. The van der Waals surface area contributed by atoms with Crippen LogP contribution < -0.4 is 10.5 Å². The molecule has 2 aromatic carbocycles. The van der Waals surface area contributed by atoms with Crippen LogP contribution in [0, 0.1) is 0 Å². The molecule has 32 heavy (non-hydrogen) atoms. The molecule has 4 rings (SSSR count). The molecule has 1 aliphatic heterocycles. The number of hydrogen-bond donors (Lipinski definition) is 1. The van der Waals surface area contributed by atoms with E-state index < -0.39 is 21.5 Å². The first kappa shape index (κ1) is 22.3. The highest BCUT2D eigenvalue weighted by atomic mass is 32.2. The van der Waals surface area contributed by atoms with Gasteiger partial charge < -0.3 is 19.6 Å². The second-order valence-electron chi connectivity index (χ2n) is 7.84. The molecule has 1 saturated heterocycles. The maximum Gasteiger partial charge on any atom is 0.236 e. The third-order valence-corrected chi connectivity index (χ3v) is 7.77. The summed E-state index contributed by atoms with van der Waals surface area (Å²) < 4.78 is 28.7. The fourth-order valence-electron chi connectivity index (χ4n) is 3.90. The van der Waals surface area contributed by atoms with Crippen LogP contribution in [0.15, 0.2) is 76.2 Å². The van der Waals surface area contributed by atoms with E-state index in [0.717, 1.165) is 24.2 Å². The van der Waals surface area contributed by atoms with Crippen molar-refractivity contribution in [1.29, 1.82) is 0 Å². The highest BCUT2D eigenvalue weighted by molar-refractivity contribution is 7.87. The van der Waals surface area contributed by atoms with Gasteiger partial charge in [-0.3, -0.25) is 9.00 Å². The van der Waals surface area contributed by atoms with Gasteiger partial charge in [0, 0.05) is 23.7 Å². The first-order valence-corrected chi connectivity index (χ1v) is 11.9. The van der Waals surface area contributed by atoms with Crippen molar-refractivity contribution in [2.45, 2.75) is 35.3 Å². The second kappa shape index (κ2) is 10.1. The summed E-state index contributed by atoms with van der Waals surface area (Å²) in [6, 6.07) is 19.2. The van der Waals surface area contributed by atoms with Gasteiger partial charge >= 0.3 is 0 Å². The zero-order valence-electron chi connectivity index (χ0n) is 17.8. The minimum atomic E-state index is -1.53. The van der Waals surface area contributed by atoms with E-state index in [1.54, 1.807) is 30.5 Å². The molecule has 1 aromatic heterocycles. The molecule has 1 amide bonds. The van der Waals surface area contributed by atoms with E-state index in [-0.39, 0.29) is 0 Å². The van der Waals surface area contributed by atoms with Gasteiger partial charge in [0.15, 0.2) is 0 Å². The fraction of sp³-hybridized carbons (Fsp3) is 0.320. The third kappa shape index (κ3) is 4.95. The molecule has 0 radical (unpaired) electrons. The number of aryl methyl sites for hydroxylation is 1. The predicted molar refractivity (Wildman–Crippen MR) is 123 cm³/mol. The normalized spacial score (nSPS) is 16.4. The van der Waals surface area contributed by atoms with Crippen molar-refractivity contribution in [3.63, 3.8) is 0 Å². The molecule has 0 saturated carbocycles. The number of nitrogens with two attached hydrogens (primary N) is 1. The number of hydrogen-bond acceptors (Lipinski definition) is 5. The van der Waals surface area contributed by atoms with Crippen molar-refractivity contribution in [2.75, 3.05) is 19.8 Å². The summed E-state index contributed by atoms with van der Waals surface area (Å²) in [7, 11) is -1.53. The van der Waals surface area contributed by atoms with E-state index in [1.165, 1.54) is 5.56 Å². The third-order valence-electron chi connectivity index (χ3n) is 5.75. The smallest absolute Gasteiger partial charge is 0.236 e. The zero-order valence-corrected chi connectivity index (χ0v) is 18.6. The highest BCUT2D eigenvalue weighted by Gasteiger charge is 2.45. The summed E-state index contributed by atoms with van der Waals surface area (Å²) in [6.07, 6.45) is 4.16. The summed E-state index contributed by atoms with van der Waals surface area (Å²) >= 11 is 0. The molecule has 7 heteroatoms. The van der Waals surface area contributed by atoms with Gasteiger partial charge in [-0.25, -0.2) is 0 Å². The Labute approximate surface area is 190 Å². The number of ether oxygens (including phenoxy) is 2. The molecule has 1 atom stereocenters. The monoisotopic (exact) mass is 453 g/mol. The predicted octanol–water partition coefficient (Wildman–Crippen LogP) is 4.10. The molecule has 0 bridgehead atoms. The summed E-state index contributed by atoms with van der Waals surface area (Å²) in [4.78, 5) is 12.7. The molecule has 2 N–H and O–H groups in total. The lowest BCUT2D eigenvalue weighted by molar-refractivity contribution is -0.122. The van der Waals surface area contributed by atoms with Crippen LogP contribution in [0.5, 0.6) is 5.75 Å². The van der Waals surface area contributed by atoms with E-state index in [2.05, 4.69) is 12.1 Å². The van der Waals surface area contributed by atoms with Gasteiger partial charge in [0.1, 0.15) is 16.3 Å². The summed E-state index contributed by atoms with van der Waals surface area (Å²) in [5.41, 5.74) is 7.91. The Bertz CT molecular complexity index is 1060. The molecular formula is C25H27NO5S. The van der Waals surface area contributed by atoms with Gasteiger partial charge in [0.25, 0.3) is 0 Å². The molecular weight excluding hydrogens is 426 g/mol. The first-order valence-electron chi connectivity index (χ1n) is 10.7. The number of rotatable bonds is 9. The van der Waals surface area contributed by atoms with Gasteiger partial charge in [0.05, 0.1) is 23.7 Å². The average molecular weight is 454 g/mol. The highest BCUT2D eigenvalue weighted by Crippen LogP contribution is 2.32. The Hall–Kier alpha value is -2.90. The lowest BCUT2D eigenvalue weighted by Crippen LogP contribution is -2.51. The van der Waals surface area contributed by atoms with Crippen molar-refractivity contribution in [2.24, 2.45) is 5.73 Å². The van der Waals surface area contributed by atoms with Gasteiger partial charge in [-0.1, -0.05) is 18.2 Å². The van der Waals surface area contributed by atoms with Crippen LogP contribution in [-0.2, 0) is 26.8 Å². The Kier molecular flexibility index (Phi) is 7.07. The topological polar surface area (TPSA) is 91.8 Å². The van der Waals surface area contributed by atoms with Gasteiger partial charge in [-0.2, -0.15) is 0 Å². The minimum absolute atomic E-state index is 0.369. The average Bonchev–Trinajstić information content (AvgIpc) is 3.37. The molecule has 6 nitrogen and oxygen atoms in total. The summed E-state index contributed by atoms with van der Waals surface area (Å²) in [6.45, 7) is 1.34. The van der Waals surface area contributed by atoms with E-state index in [0.29, 0.717) is 43.3 Å². The van der Waals surface area contributed by atoms with Gasteiger partial charge in [-0.05, 0) is 73.7 Å². The van der Waals surface area contributed by atoms with Crippen molar-refractivity contribution >= 4 is 16.7 Å². The van der Waals surface area contributed by atoms with Crippen LogP contribution in [-0.4, -0.2) is 34.7 Å². The van der Waals surface area contributed by atoms with E-state index in [1.807, 2.05) is 24.3 Å². The molecule has 0 aliphatic carbocycles.